The Hall–Kier alpha value is -2.79. The summed E-state index contributed by atoms with van der Waals surface area (Å²) >= 11 is 5.97. The molecular weight excluding hydrogens is 340 g/mol. The van der Waals surface area contributed by atoms with Gasteiger partial charge in [0.1, 0.15) is 11.7 Å². The van der Waals surface area contributed by atoms with E-state index in [0.29, 0.717) is 17.1 Å². The molecule has 0 spiro atoms. The van der Waals surface area contributed by atoms with Crippen molar-refractivity contribution in [3.63, 3.8) is 0 Å². The van der Waals surface area contributed by atoms with Crippen LogP contribution in [-0.4, -0.2) is 30.0 Å². The maximum absolute atomic E-state index is 12.5. The molecule has 3 rings (SSSR count). The Kier molecular flexibility index (Phi) is 5.05. The van der Waals surface area contributed by atoms with Crippen LogP contribution >= 0.6 is 11.6 Å². The van der Waals surface area contributed by atoms with Gasteiger partial charge in [0.15, 0.2) is 0 Å². The van der Waals surface area contributed by atoms with Gasteiger partial charge in [0.25, 0.3) is 5.91 Å². The highest BCUT2D eigenvalue weighted by Gasteiger charge is 2.23. The van der Waals surface area contributed by atoms with Crippen LogP contribution in [0.4, 0.5) is 0 Å². The number of esters is 1. The molecule has 0 fully saturated rings. The number of benzene rings is 2. The number of hydrogen-bond acceptors (Lipinski definition) is 3. The second-order valence-corrected chi connectivity index (χ2v) is 6.09. The molecule has 2 aromatic carbocycles. The summed E-state index contributed by atoms with van der Waals surface area (Å²) in [5.41, 5.74) is 2.09. The Morgan fingerprint density at radius 1 is 1.16 bits per heavy atom. The Balaban J connectivity index is 1.79. The number of aromatic amines is 1. The molecule has 0 aliphatic rings. The molecule has 25 heavy (non-hydrogen) atoms. The Morgan fingerprint density at radius 3 is 2.64 bits per heavy atom. The van der Waals surface area contributed by atoms with Gasteiger partial charge in [0, 0.05) is 22.3 Å². The second-order valence-electron chi connectivity index (χ2n) is 5.65. The van der Waals surface area contributed by atoms with Crippen molar-refractivity contribution in [3.05, 3.63) is 70.9 Å². The number of rotatable bonds is 5. The molecule has 0 saturated heterocycles. The van der Waals surface area contributed by atoms with E-state index >= 15 is 0 Å². The first kappa shape index (κ1) is 17.0. The smallest absolute Gasteiger partial charge is 0.328 e. The van der Waals surface area contributed by atoms with Crippen molar-refractivity contribution in [2.45, 2.75) is 12.5 Å². The standard InChI is InChI=1S/C19H17ClN2O3/c1-25-19(24)17(9-12-5-3-2-4-6-12)22-18(23)16-11-13-10-14(20)7-8-15(13)21-16/h2-8,10-11,17,21H,9H2,1H3,(H,22,23). The van der Waals surface area contributed by atoms with Crippen LogP contribution in [0, 0.1) is 0 Å². The SMILES string of the molecule is COC(=O)C(Cc1ccccc1)NC(=O)c1cc2cc(Cl)ccc2[nH]1. The number of amides is 1. The third kappa shape index (κ3) is 4.00. The molecule has 2 N–H and O–H groups in total. The molecule has 1 atom stereocenters. The van der Waals surface area contributed by atoms with Crippen LogP contribution in [0.15, 0.2) is 54.6 Å². The number of halogens is 1. The van der Waals surface area contributed by atoms with Crippen LogP contribution in [0.5, 0.6) is 0 Å². The molecule has 1 unspecified atom stereocenters. The van der Waals surface area contributed by atoms with Crippen LogP contribution in [0.2, 0.25) is 5.02 Å². The van der Waals surface area contributed by atoms with Crippen LogP contribution in [0.25, 0.3) is 10.9 Å². The van der Waals surface area contributed by atoms with Gasteiger partial charge in [-0.3, -0.25) is 4.79 Å². The van der Waals surface area contributed by atoms with Crippen LogP contribution in [-0.2, 0) is 16.0 Å². The molecule has 0 saturated carbocycles. The number of carbonyl (C=O) groups is 2. The maximum Gasteiger partial charge on any atom is 0.328 e. The highest BCUT2D eigenvalue weighted by Crippen LogP contribution is 2.20. The second kappa shape index (κ2) is 7.40. The number of fused-ring (bicyclic) bond motifs is 1. The first-order valence-corrected chi connectivity index (χ1v) is 8.15. The number of hydrogen-bond donors (Lipinski definition) is 2. The van der Waals surface area contributed by atoms with E-state index in [1.54, 1.807) is 24.3 Å². The third-order valence-electron chi connectivity index (χ3n) is 3.90. The monoisotopic (exact) mass is 356 g/mol. The molecule has 0 aliphatic carbocycles. The van der Waals surface area contributed by atoms with Gasteiger partial charge < -0.3 is 15.0 Å². The molecule has 3 aromatic rings. The minimum Gasteiger partial charge on any atom is -0.467 e. The number of carbonyl (C=O) groups excluding carboxylic acids is 2. The van der Waals surface area contributed by atoms with Gasteiger partial charge in [-0.15, -0.1) is 0 Å². The number of methoxy groups -OCH3 is 1. The van der Waals surface area contributed by atoms with Gasteiger partial charge >= 0.3 is 5.97 Å². The van der Waals surface area contributed by atoms with Crippen molar-refractivity contribution in [1.82, 2.24) is 10.3 Å². The van der Waals surface area contributed by atoms with Crippen LogP contribution in [0.3, 0.4) is 0 Å². The van der Waals surface area contributed by atoms with E-state index in [1.807, 2.05) is 30.3 Å². The number of H-pyrrole nitrogens is 1. The van der Waals surface area contributed by atoms with Crippen LogP contribution in [0.1, 0.15) is 16.1 Å². The minimum absolute atomic E-state index is 0.352. The lowest BCUT2D eigenvalue weighted by Crippen LogP contribution is -2.43. The molecule has 0 radical (unpaired) electrons. The lowest BCUT2D eigenvalue weighted by atomic mass is 10.1. The maximum atomic E-state index is 12.5. The zero-order valence-electron chi connectivity index (χ0n) is 13.6. The Labute approximate surface area is 149 Å². The summed E-state index contributed by atoms with van der Waals surface area (Å²) in [6.45, 7) is 0. The first-order valence-electron chi connectivity index (χ1n) is 7.77. The minimum atomic E-state index is -0.769. The largest absolute Gasteiger partial charge is 0.467 e. The van der Waals surface area contributed by atoms with E-state index in [9.17, 15) is 9.59 Å². The van der Waals surface area contributed by atoms with Crippen molar-refractivity contribution in [1.29, 1.82) is 0 Å². The summed E-state index contributed by atoms with van der Waals surface area (Å²) < 4.78 is 4.81. The fourth-order valence-corrected chi connectivity index (χ4v) is 2.83. The zero-order chi connectivity index (χ0) is 17.8. The average molecular weight is 357 g/mol. The van der Waals surface area contributed by atoms with E-state index in [1.165, 1.54) is 7.11 Å². The molecule has 128 valence electrons. The highest BCUT2D eigenvalue weighted by atomic mass is 35.5. The van der Waals surface area contributed by atoms with Crippen molar-refractivity contribution < 1.29 is 14.3 Å². The third-order valence-corrected chi connectivity index (χ3v) is 4.14. The van der Waals surface area contributed by atoms with Gasteiger partial charge in [0.05, 0.1) is 7.11 Å². The van der Waals surface area contributed by atoms with Crippen LogP contribution < -0.4 is 5.32 Å². The summed E-state index contributed by atoms with van der Waals surface area (Å²) in [5, 5.41) is 4.15. The van der Waals surface area contributed by atoms with Gasteiger partial charge in [-0.2, -0.15) is 0 Å². The van der Waals surface area contributed by atoms with E-state index in [2.05, 4.69) is 10.3 Å². The summed E-state index contributed by atoms with van der Waals surface area (Å²) in [4.78, 5) is 27.6. The van der Waals surface area contributed by atoms with E-state index in [4.69, 9.17) is 16.3 Å². The molecule has 0 bridgehead atoms. The van der Waals surface area contributed by atoms with E-state index < -0.39 is 12.0 Å². The zero-order valence-corrected chi connectivity index (χ0v) is 14.3. The number of ether oxygens (including phenoxy) is 1. The molecule has 1 heterocycles. The molecule has 1 amide bonds. The normalized spacial score (nSPS) is 11.9. The lowest BCUT2D eigenvalue weighted by molar-refractivity contribution is -0.142. The highest BCUT2D eigenvalue weighted by molar-refractivity contribution is 6.31. The molecular formula is C19H17ClN2O3. The van der Waals surface area contributed by atoms with Crippen molar-refractivity contribution in [2.24, 2.45) is 0 Å². The van der Waals surface area contributed by atoms with Gasteiger partial charge in [-0.05, 0) is 29.8 Å². The van der Waals surface area contributed by atoms with Gasteiger partial charge in [-0.25, -0.2) is 4.79 Å². The summed E-state index contributed by atoms with van der Waals surface area (Å²) in [6, 6.07) is 15.7. The van der Waals surface area contributed by atoms with Crippen molar-refractivity contribution in [3.8, 4) is 0 Å². The molecule has 0 aliphatic heterocycles. The van der Waals surface area contributed by atoms with E-state index in [-0.39, 0.29) is 5.91 Å². The lowest BCUT2D eigenvalue weighted by Gasteiger charge is -2.16. The quantitative estimate of drug-likeness (QED) is 0.689. The van der Waals surface area contributed by atoms with Crippen molar-refractivity contribution >= 4 is 34.4 Å². The predicted octanol–water partition coefficient (Wildman–Crippen LogP) is 3.34. The summed E-state index contributed by atoms with van der Waals surface area (Å²) in [5.74, 6) is -0.866. The van der Waals surface area contributed by atoms with Gasteiger partial charge in [0.2, 0.25) is 0 Å². The topological polar surface area (TPSA) is 71.2 Å². The van der Waals surface area contributed by atoms with Gasteiger partial charge in [-0.1, -0.05) is 41.9 Å². The number of aromatic nitrogens is 1. The fourth-order valence-electron chi connectivity index (χ4n) is 2.65. The molecule has 1 aromatic heterocycles. The predicted molar refractivity (Wildman–Crippen MR) is 96.7 cm³/mol. The molecule has 6 heteroatoms. The molecule has 5 nitrogen and oxygen atoms in total. The Morgan fingerprint density at radius 2 is 1.92 bits per heavy atom. The average Bonchev–Trinajstić information content (AvgIpc) is 3.04. The summed E-state index contributed by atoms with van der Waals surface area (Å²) in [7, 11) is 1.30. The Bertz CT molecular complexity index is 905. The first-order chi connectivity index (χ1) is 12.1. The number of nitrogens with one attached hydrogen (secondary N) is 2. The fraction of sp³-hybridized carbons (Fsp3) is 0.158. The summed E-state index contributed by atoms with van der Waals surface area (Å²) in [6.07, 6.45) is 0.352. The van der Waals surface area contributed by atoms with Crippen molar-refractivity contribution in [2.75, 3.05) is 7.11 Å². The van der Waals surface area contributed by atoms with E-state index in [0.717, 1.165) is 16.5 Å².